The average Bonchev–Trinajstić information content (AvgIpc) is 2.95. The largest absolute Gasteiger partial charge is 0.573 e. The SMILES string of the molecule is O=C(NCc1csc2ccccc12)c1ccc(OC(F)(F)F)cc1. The third-order valence-electron chi connectivity index (χ3n) is 3.35. The Morgan fingerprint density at radius 1 is 1.08 bits per heavy atom. The molecule has 0 bridgehead atoms. The topological polar surface area (TPSA) is 38.3 Å². The highest BCUT2D eigenvalue weighted by Gasteiger charge is 2.31. The van der Waals surface area contributed by atoms with Gasteiger partial charge in [-0.2, -0.15) is 0 Å². The van der Waals surface area contributed by atoms with Crippen LogP contribution < -0.4 is 10.1 Å². The molecule has 3 rings (SSSR count). The number of hydrogen-bond acceptors (Lipinski definition) is 3. The average molecular weight is 351 g/mol. The van der Waals surface area contributed by atoms with Crippen molar-refractivity contribution >= 4 is 27.3 Å². The maximum absolute atomic E-state index is 12.1. The Balaban J connectivity index is 1.65. The summed E-state index contributed by atoms with van der Waals surface area (Å²) in [4.78, 5) is 12.1. The minimum absolute atomic E-state index is 0.268. The zero-order chi connectivity index (χ0) is 17.2. The predicted molar refractivity (Wildman–Crippen MR) is 86.1 cm³/mol. The van der Waals surface area contributed by atoms with Gasteiger partial charge >= 0.3 is 6.36 Å². The second-order valence-electron chi connectivity index (χ2n) is 5.01. The molecule has 0 atom stereocenters. The van der Waals surface area contributed by atoms with Crippen molar-refractivity contribution in [2.75, 3.05) is 0 Å². The van der Waals surface area contributed by atoms with Crippen molar-refractivity contribution < 1.29 is 22.7 Å². The Kier molecular flexibility index (Phi) is 4.44. The number of amides is 1. The van der Waals surface area contributed by atoms with Crippen LogP contribution >= 0.6 is 11.3 Å². The fraction of sp³-hybridized carbons (Fsp3) is 0.118. The van der Waals surface area contributed by atoms with Crippen LogP contribution in [0.2, 0.25) is 0 Å². The Morgan fingerprint density at radius 2 is 1.79 bits per heavy atom. The summed E-state index contributed by atoms with van der Waals surface area (Å²) < 4.78 is 41.2. The fourth-order valence-electron chi connectivity index (χ4n) is 2.26. The Morgan fingerprint density at radius 3 is 2.50 bits per heavy atom. The molecular formula is C17H12F3NO2S. The van der Waals surface area contributed by atoms with Gasteiger partial charge in [-0.25, -0.2) is 0 Å². The molecular weight excluding hydrogens is 339 g/mol. The monoisotopic (exact) mass is 351 g/mol. The number of rotatable bonds is 4. The third kappa shape index (κ3) is 3.86. The molecule has 0 saturated heterocycles. The number of carbonyl (C=O) groups is 1. The summed E-state index contributed by atoms with van der Waals surface area (Å²) in [6.07, 6.45) is -4.75. The molecule has 3 nitrogen and oxygen atoms in total. The van der Waals surface area contributed by atoms with Crippen molar-refractivity contribution in [3.63, 3.8) is 0 Å². The van der Waals surface area contributed by atoms with Crippen LogP contribution in [0.5, 0.6) is 5.75 Å². The van der Waals surface area contributed by atoms with Crippen molar-refractivity contribution in [2.24, 2.45) is 0 Å². The van der Waals surface area contributed by atoms with E-state index in [0.717, 1.165) is 27.8 Å². The van der Waals surface area contributed by atoms with Gasteiger partial charge in [0.15, 0.2) is 0 Å². The minimum atomic E-state index is -4.75. The molecule has 0 aliphatic rings. The summed E-state index contributed by atoms with van der Waals surface area (Å²) in [6.45, 7) is 0.351. The highest BCUT2D eigenvalue weighted by Crippen LogP contribution is 2.26. The van der Waals surface area contributed by atoms with Gasteiger partial charge in [0, 0.05) is 16.8 Å². The molecule has 0 aliphatic heterocycles. The normalized spacial score (nSPS) is 11.5. The summed E-state index contributed by atoms with van der Waals surface area (Å²) >= 11 is 1.59. The van der Waals surface area contributed by atoms with Crippen molar-refractivity contribution in [1.29, 1.82) is 0 Å². The molecule has 1 N–H and O–H groups in total. The quantitative estimate of drug-likeness (QED) is 0.738. The molecule has 0 saturated carbocycles. The van der Waals surface area contributed by atoms with Crippen LogP contribution in [0.25, 0.3) is 10.1 Å². The van der Waals surface area contributed by atoms with Crippen LogP contribution in [0, 0.1) is 0 Å². The van der Waals surface area contributed by atoms with Crippen LogP contribution in [-0.4, -0.2) is 12.3 Å². The van der Waals surface area contributed by atoms with Crippen LogP contribution in [0.1, 0.15) is 15.9 Å². The third-order valence-corrected chi connectivity index (χ3v) is 4.36. The van der Waals surface area contributed by atoms with Crippen molar-refractivity contribution in [3.05, 3.63) is 65.0 Å². The van der Waals surface area contributed by atoms with Crippen molar-refractivity contribution in [1.82, 2.24) is 5.32 Å². The first-order valence-electron chi connectivity index (χ1n) is 7.01. The summed E-state index contributed by atoms with van der Waals surface area (Å²) in [5.74, 6) is -0.716. The highest BCUT2D eigenvalue weighted by molar-refractivity contribution is 7.17. The van der Waals surface area contributed by atoms with Gasteiger partial charge in [0.2, 0.25) is 0 Å². The number of ether oxygens (including phenoxy) is 1. The van der Waals surface area contributed by atoms with Crippen LogP contribution in [0.4, 0.5) is 13.2 Å². The van der Waals surface area contributed by atoms with E-state index >= 15 is 0 Å². The fourth-order valence-corrected chi connectivity index (χ4v) is 3.22. The lowest BCUT2D eigenvalue weighted by Crippen LogP contribution is -2.22. The number of halogens is 3. The number of nitrogens with one attached hydrogen (secondary N) is 1. The lowest BCUT2D eigenvalue weighted by atomic mass is 10.1. The number of carbonyl (C=O) groups excluding carboxylic acids is 1. The Bertz CT molecular complexity index is 856. The summed E-state index contributed by atoms with van der Waals surface area (Å²) in [7, 11) is 0. The number of alkyl halides is 3. The molecule has 1 aromatic heterocycles. The predicted octanol–water partition coefficient (Wildman–Crippen LogP) is 4.73. The van der Waals surface area contributed by atoms with E-state index in [1.807, 2.05) is 29.6 Å². The van der Waals surface area contributed by atoms with E-state index in [2.05, 4.69) is 10.1 Å². The van der Waals surface area contributed by atoms with E-state index in [0.29, 0.717) is 6.54 Å². The molecule has 2 aromatic carbocycles. The lowest BCUT2D eigenvalue weighted by Gasteiger charge is -2.09. The van der Waals surface area contributed by atoms with Gasteiger partial charge in [-0.05, 0) is 46.7 Å². The number of thiophene rings is 1. The maximum Gasteiger partial charge on any atom is 0.573 e. The molecule has 1 amide bonds. The van der Waals surface area contributed by atoms with Gasteiger partial charge in [-0.3, -0.25) is 4.79 Å². The Labute approximate surface area is 139 Å². The summed E-state index contributed by atoms with van der Waals surface area (Å²) in [5.41, 5.74) is 1.27. The molecule has 0 fully saturated rings. The number of benzene rings is 2. The number of fused-ring (bicyclic) bond motifs is 1. The minimum Gasteiger partial charge on any atom is -0.406 e. The highest BCUT2D eigenvalue weighted by atomic mass is 32.1. The molecule has 7 heteroatoms. The zero-order valence-corrected chi connectivity index (χ0v) is 13.1. The maximum atomic E-state index is 12.1. The van der Waals surface area contributed by atoms with Gasteiger partial charge in [0.25, 0.3) is 5.91 Å². The zero-order valence-electron chi connectivity index (χ0n) is 12.3. The lowest BCUT2D eigenvalue weighted by molar-refractivity contribution is -0.274. The second kappa shape index (κ2) is 6.52. The van der Waals surface area contributed by atoms with E-state index in [1.54, 1.807) is 11.3 Å². The van der Waals surface area contributed by atoms with Gasteiger partial charge in [0.1, 0.15) is 5.75 Å². The van der Waals surface area contributed by atoms with Crippen LogP contribution in [-0.2, 0) is 6.54 Å². The van der Waals surface area contributed by atoms with Crippen molar-refractivity contribution in [2.45, 2.75) is 12.9 Å². The van der Waals surface area contributed by atoms with E-state index in [-0.39, 0.29) is 17.2 Å². The summed E-state index contributed by atoms with van der Waals surface area (Å²) in [5, 5.41) is 5.82. The molecule has 0 unspecified atom stereocenters. The van der Waals surface area contributed by atoms with E-state index < -0.39 is 6.36 Å². The van der Waals surface area contributed by atoms with Crippen LogP contribution in [0.15, 0.2) is 53.9 Å². The first-order chi connectivity index (χ1) is 11.4. The van der Waals surface area contributed by atoms with Gasteiger partial charge < -0.3 is 10.1 Å². The standard InChI is InChI=1S/C17H12F3NO2S/c18-17(19,20)23-13-7-5-11(6-8-13)16(22)21-9-12-10-24-15-4-2-1-3-14(12)15/h1-8,10H,9H2,(H,21,22). The van der Waals surface area contributed by atoms with Gasteiger partial charge in [-0.15, -0.1) is 24.5 Å². The summed E-state index contributed by atoms with van der Waals surface area (Å²) in [6, 6.07) is 12.7. The van der Waals surface area contributed by atoms with E-state index in [9.17, 15) is 18.0 Å². The van der Waals surface area contributed by atoms with E-state index in [1.165, 1.54) is 12.1 Å². The molecule has 1 heterocycles. The van der Waals surface area contributed by atoms with Crippen LogP contribution in [0.3, 0.4) is 0 Å². The van der Waals surface area contributed by atoms with Gasteiger partial charge in [0.05, 0.1) is 0 Å². The smallest absolute Gasteiger partial charge is 0.406 e. The second-order valence-corrected chi connectivity index (χ2v) is 5.92. The van der Waals surface area contributed by atoms with Crippen molar-refractivity contribution in [3.8, 4) is 5.75 Å². The first-order valence-corrected chi connectivity index (χ1v) is 7.89. The molecule has 24 heavy (non-hydrogen) atoms. The van der Waals surface area contributed by atoms with Gasteiger partial charge in [-0.1, -0.05) is 18.2 Å². The molecule has 0 spiro atoms. The van der Waals surface area contributed by atoms with E-state index in [4.69, 9.17) is 0 Å². The number of hydrogen-bond donors (Lipinski definition) is 1. The molecule has 0 aliphatic carbocycles. The molecule has 124 valence electrons. The Hall–Kier alpha value is -2.54. The molecule has 3 aromatic rings. The molecule has 0 radical (unpaired) electrons. The first kappa shape index (κ1) is 16.3.